The fraction of sp³-hybridized carbons (Fsp3) is 0.667. The van der Waals surface area contributed by atoms with Crippen LogP contribution in [-0.2, 0) is 55.8 Å². The van der Waals surface area contributed by atoms with Crippen LogP contribution in [0.5, 0.6) is 0 Å². The van der Waals surface area contributed by atoms with E-state index in [0.717, 1.165) is 154 Å². The van der Waals surface area contributed by atoms with E-state index < -0.39 is 91.5 Å². The van der Waals surface area contributed by atoms with Crippen molar-refractivity contribution < 1.29 is 75.8 Å². The Morgan fingerprint density at radius 3 is 1.05 bits per heavy atom. The van der Waals surface area contributed by atoms with Crippen molar-refractivity contribution in [2.75, 3.05) is 39.6 Å². The molecular formula is C63H106O16P2. The van der Waals surface area contributed by atoms with E-state index >= 15 is 0 Å². The zero-order valence-electron chi connectivity index (χ0n) is 49.7. The highest BCUT2D eigenvalue weighted by Gasteiger charge is 2.29. The van der Waals surface area contributed by atoms with Gasteiger partial charge in [0.05, 0.1) is 26.4 Å². The zero-order chi connectivity index (χ0) is 59.6. The van der Waals surface area contributed by atoms with Gasteiger partial charge in [0.25, 0.3) is 0 Å². The average molecular weight is 1180 g/mol. The third-order valence-electron chi connectivity index (χ3n) is 11.9. The standard InChI is InChI=1S/C63H106O16P2/c1-4-7-10-13-16-19-22-25-26-27-28-29-30-33-35-37-40-43-46-49-61(66)73-52-58(64)53-75-80(69,70)76-54-59(65)55-77-81(71,72)78-57-60(79-63(68)51-48-45-42-39-36-32-24-21-18-15-12-9-6-3)56-74-62(67)50-47-44-41-38-34-31-23-20-17-14-11-8-5-2/h7,10-12,14-16,19-21,23-26,28-29,33,35,58-60,64-65H,4-6,8-9,13,17-18,22,27,30-32,34,36-57H2,1-3H3,(H,69,70)(H,71,72)/b10-7-,14-11-,15-12-,19-16-,23-20-,24-21-,26-25-,29-28-,35-33-. The summed E-state index contributed by atoms with van der Waals surface area (Å²) in [5, 5.41) is 20.5. The van der Waals surface area contributed by atoms with Gasteiger partial charge in [-0.15, -0.1) is 0 Å². The average Bonchev–Trinajstić information content (AvgIpc) is 3.45. The molecule has 0 saturated carbocycles. The van der Waals surface area contributed by atoms with E-state index in [1.807, 2.05) is 0 Å². The van der Waals surface area contributed by atoms with Crippen LogP contribution in [-0.4, -0.2) is 95.9 Å². The number of phosphoric ester groups is 2. The number of hydrogen-bond acceptors (Lipinski definition) is 14. The van der Waals surface area contributed by atoms with Crippen LogP contribution in [0.1, 0.15) is 213 Å². The summed E-state index contributed by atoms with van der Waals surface area (Å²) in [6.45, 7) is 2.30. The Kier molecular flexibility index (Phi) is 54.0. The van der Waals surface area contributed by atoms with Crippen molar-refractivity contribution in [1.29, 1.82) is 0 Å². The van der Waals surface area contributed by atoms with E-state index in [9.17, 15) is 43.5 Å². The molecule has 0 aliphatic rings. The minimum absolute atomic E-state index is 0.0822. The molecule has 0 aromatic heterocycles. The van der Waals surface area contributed by atoms with Crippen molar-refractivity contribution in [3.63, 3.8) is 0 Å². The van der Waals surface area contributed by atoms with E-state index in [1.165, 1.54) is 0 Å². The predicted molar refractivity (Wildman–Crippen MR) is 325 cm³/mol. The molecule has 0 aliphatic carbocycles. The molecule has 0 fully saturated rings. The lowest BCUT2D eigenvalue weighted by atomic mass is 10.1. The molecule has 81 heavy (non-hydrogen) atoms. The summed E-state index contributed by atoms with van der Waals surface area (Å²) in [4.78, 5) is 58.1. The Labute approximate surface area is 488 Å². The molecule has 18 heteroatoms. The number of esters is 3. The Balaban J connectivity index is 4.69. The highest BCUT2D eigenvalue weighted by atomic mass is 31.2. The van der Waals surface area contributed by atoms with Crippen molar-refractivity contribution in [1.82, 2.24) is 0 Å². The zero-order valence-corrected chi connectivity index (χ0v) is 51.5. The molecule has 0 aliphatic heterocycles. The lowest BCUT2D eigenvalue weighted by Crippen LogP contribution is -2.30. The van der Waals surface area contributed by atoms with E-state index in [1.54, 1.807) is 0 Å². The van der Waals surface area contributed by atoms with Gasteiger partial charge >= 0.3 is 33.6 Å². The van der Waals surface area contributed by atoms with Crippen LogP contribution in [0.4, 0.5) is 0 Å². The van der Waals surface area contributed by atoms with E-state index in [4.69, 9.17) is 32.3 Å². The van der Waals surface area contributed by atoms with Crippen molar-refractivity contribution in [2.45, 2.75) is 232 Å². The Morgan fingerprint density at radius 1 is 0.358 bits per heavy atom. The number of rotatable bonds is 56. The second kappa shape index (κ2) is 56.7. The summed E-state index contributed by atoms with van der Waals surface area (Å²) >= 11 is 0. The lowest BCUT2D eigenvalue weighted by molar-refractivity contribution is -0.161. The third kappa shape index (κ3) is 57.8. The number of phosphoric acid groups is 2. The lowest BCUT2D eigenvalue weighted by Gasteiger charge is -2.21. The van der Waals surface area contributed by atoms with Crippen molar-refractivity contribution in [3.8, 4) is 0 Å². The van der Waals surface area contributed by atoms with Crippen LogP contribution >= 0.6 is 15.6 Å². The molecule has 0 aromatic rings. The van der Waals surface area contributed by atoms with Gasteiger partial charge in [0.15, 0.2) is 6.10 Å². The molecule has 4 N–H and O–H groups in total. The van der Waals surface area contributed by atoms with E-state index in [0.29, 0.717) is 19.3 Å². The largest absolute Gasteiger partial charge is 0.472 e. The first-order valence-electron chi connectivity index (χ1n) is 30.2. The molecule has 0 heterocycles. The minimum atomic E-state index is -4.93. The molecule has 5 unspecified atom stereocenters. The molecule has 16 nitrogen and oxygen atoms in total. The van der Waals surface area contributed by atoms with Gasteiger partial charge in [-0.05, 0) is 116 Å². The summed E-state index contributed by atoms with van der Waals surface area (Å²) in [5.41, 5.74) is 0. The van der Waals surface area contributed by atoms with Gasteiger partial charge in [0.2, 0.25) is 0 Å². The monoisotopic (exact) mass is 1180 g/mol. The number of aliphatic hydroxyl groups excluding tert-OH is 2. The second-order valence-corrected chi connectivity index (χ2v) is 22.7. The Morgan fingerprint density at radius 2 is 0.654 bits per heavy atom. The van der Waals surface area contributed by atoms with Gasteiger partial charge in [-0.3, -0.25) is 32.5 Å². The van der Waals surface area contributed by atoms with Crippen molar-refractivity contribution in [3.05, 3.63) is 109 Å². The first kappa shape index (κ1) is 77.2. The summed E-state index contributed by atoms with van der Waals surface area (Å²) in [7, 11) is -9.78. The fourth-order valence-electron chi connectivity index (χ4n) is 7.32. The van der Waals surface area contributed by atoms with Crippen molar-refractivity contribution in [2.24, 2.45) is 0 Å². The summed E-state index contributed by atoms with van der Waals surface area (Å²) < 4.78 is 60.5. The molecule has 464 valence electrons. The van der Waals surface area contributed by atoms with Gasteiger partial charge in [0, 0.05) is 19.3 Å². The molecular weight excluding hydrogens is 1070 g/mol. The summed E-state index contributed by atoms with van der Waals surface area (Å²) in [5.74, 6) is -1.65. The maximum absolute atomic E-state index is 12.8. The van der Waals surface area contributed by atoms with E-state index in [2.05, 4.69) is 130 Å². The molecule has 0 saturated heterocycles. The van der Waals surface area contributed by atoms with Gasteiger partial charge in [0.1, 0.15) is 25.4 Å². The molecule has 0 radical (unpaired) electrons. The first-order valence-corrected chi connectivity index (χ1v) is 33.2. The summed E-state index contributed by atoms with van der Waals surface area (Å²) in [6.07, 6.45) is 60.2. The first-order chi connectivity index (χ1) is 39.2. The maximum atomic E-state index is 12.8. The predicted octanol–water partition coefficient (Wildman–Crippen LogP) is 15.7. The van der Waals surface area contributed by atoms with Crippen LogP contribution in [0.25, 0.3) is 0 Å². The molecule has 5 atom stereocenters. The van der Waals surface area contributed by atoms with Crippen LogP contribution in [0, 0.1) is 0 Å². The topological polar surface area (TPSA) is 231 Å². The highest BCUT2D eigenvalue weighted by molar-refractivity contribution is 7.47. The minimum Gasteiger partial charge on any atom is -0.463 e. The quantitative estimate of drug-likeness (QED) is 0.0146. The van der Waals surface area contributed by atoms with Gasteiger partial charge in [-0.1, -0.05) is 188 Å². The molecule has 0 amide bonds. The number of hydrogen-bond donors (Lipinski definition) is 4. The number of allylic oxidation sites excluding steroid dienone is 18. The van der Waals surface area contributed by atoms with Gasteiger partial charge < -0.3 is 34.2 Å². The number of ether oxygens (including phenoxy) is 3. The molecule has 0 bridgehead atoms. The number of carbonyl (C=O) groups is 3. The van der Waals surface area contributed by atoms with Crippen LogP contribution in [0.15, 0.2) is 109 Å². The fourth-order valence-corrected chi connectivity index (χ4v) is 8.90. The summed E-state index contributed by atoms with van der Waals surface area (Å²) in [6, 6.07) is 0. The number of aliphatic hydroxyl groups is 2. The molecule has 0 rings (SSSR count). The highest BCUT2D eigenvalue weighted by Crippen LogP contribution is 2.45. The second-order valence-electron chi connectivity index (χ2n) is 19.8. The van der Waals surface area contributed by atoms with Crippen LogP contribution in [0.3, 0.4) is 0 Å². The smallest absolute Gasteiger partial charge is 0.463 e. The van der Waals surface area contributed by atoms with Gasteiger partial charge in [-0.2, -0.15) is 0 Å². The third-order valence-corrected chi connectivity index (χ3v) is 13.8. The number of carbonyl (C=O) groups excluding carboxylic acids is 3. The normalized spacial score (nSPS) is 15.2. The molecule has 0 spiro atoms. The van der Waals surface area contributed by atoms with Crippen LogP contribution < -0.4 is 0 Å². The molecule has 0 aromatic carbocycles. The number of unbranched alkanes of at least 4 members (excludes halogenated alkanes) is 15. The SMILES string of the molecule is CC/C=C\C/C=C\C/C=C\C/C=C\C/C=C\CCCCCC(=O)OCC(O)COP(=O)(O)OCC(O)COP(=O)(O)OCC(COC(=O)CCCCCCC/C=C\C/C=C\CCC)OC(=O)CCCCCCC/C=C\C/C=C\CCC. The van der Waals surface area contributed by atoms with E-state index in [-0.39, 0.29) is 19.3 Å². The van der Waals surface area contributed by atoms with Crippen molar-refractivity contribution >= 4 is 33.6 Å². The Hall–Kier alpha value is -3.79. The Bertz CT molecular complexity index is 1920. The maximum Gasteiger partial charge on any atom is 0.472 e. The van der Waals surface area contributed by atoms with Gasteiger partial charge in [-0.25, -0.2) is 9.13 Å². The van der Waals surface area contributed by atoms with Crippen LogP contribution in [0.2, 0.25) is 0 Å².